The monoisotopic (exact) mass is 257 g/mol. The Morgan fingerprint density at radius 1 is 1.44 bits per heavy atom. The largest absolute Gasteiger partial charge is 0.461 e. The normalized spacial score (nSPS) is 10.7. The summed E-state index contributed by atoms with van der Waals surface area (Å²) < 4.78 is 4.88. The summed E-state index contributed by atoms with van der Waals surface area (Å²) in [4.78, 5) is 14.4. The molecule has 5 heteroatoms. The van der Waals surface area contributed by atoms with Crippen molar-refractivity contribution in [3.63, 3.8) is 0 Å². The van der Waals surface area contributed by atoms with Crippen molar-refractivity contribution in [2.45, 2.75) is 6.92 Å². The third kappa shape index (κ3) is 1.88. The van der Waals surface area contributed by atoms with Crippen LogP contribution >= 0.6 is 23.2 Å². The van der Waals surface area contributed by atoms with Gasteiger partial charge in [-0.3, -0.25) is 0 Å². The van der Waals surface area contributed by atoms with Crippen molar-refractivity contribution in [1.82, 2.24) is 4.98 Å². The van der Waals surface area contributed by atoms with E-state index in [1.807, 2.05) is 0 Å². The number of benzene rings is 1. The summed E-state index contributed by atoms with van der Waals surface area (Å²) in [7, 11) is 0. The molecule has 0 saturated heterocycles. The van der Waals surface area contributed by atoms with Gasteiger partial charge < -0.3 is 9.72 Å². The predicted octanol–water partition coefficient (Wildman–Crippen LogP) is 3.65. The molecule has 1 aromatic carbocycles. The highest BCUT2D eigenvalue weighted by Gasteiger charge is 2.13. The fraction of sp³-hybridized carbons (Fsp3) is 0.182. The molecular formula is C11H9Cl2NO2. The molecule has 0 bridgehead atoms. The molecule has 1 N–H and O–H groups in total. The lowest BCUT2D eigenvalue weighted by Gasteiger charge is -1.97. The summed E-state index contributed by atoms with van der Waals surface area (Å²) in [5.74, 6) is -0.397. The number of aromatic nitrogens is 1. The first-order valence-electron chi connectivity index (χ1n) is 4.77. The maximum absolute atomic E-state index is 11.5. The van der Waals surface area contributed by atoms with Crippen LogP contribution in [0.1, 0.15) is 17.4 Å². The highest BCUT2D eigenvalue weighted by Crippen LogP contribution is 2.30. The molecule has 0 spiro atoms. The summed E-state index contributed by atoms with van der Waals surface area (Å²) in [6.07, 6.45) is 0. The Morgan fingerprint density at radius 3 is 2.88 bits per heavy atom. The molecule has 0 aliphatic carbocycles. The Morgan fingerprint density at radius 2 is 2.19 bits per heavy atom. The lowest BCUT2D eigenvalue weighted by Crippen LogP contribution is -2.04. The fourth-order valence-electron chi connectivity index (χ4n) is 1.46. The van der Waals surface area contributed by atoms with Crippen LogP contribution in [0.5, 0.6) is 0 Å². The van der Waals surface area contributed by atoms with Crippen LogP contribution in [0.2, 0.25) is 10.0 Å². The van der Waals surface area contributed by atoms with E-state index in [0.29, 0.717) is 27.9 Å². The van der Waals surface area contributed by atoms with Crippen LogP contribution in [-0.2, 0) is 4.74 Å². The lowest BCUT2D eigenvalue weighted by atomic mass is 10.2. The number of esters is 1. The van der Waals surface area contributed by atoms with Crippen LogP contribution in [0.3, 0.4) is 0 Å². The smallest absolute Gasteiger partial charge is 0.354 e. The SMILES string of the molecule is CCOC(=O)c1cc2ccc(Cl)c(Cl)c2[nH]1. The van der Waals surface area contributed by atoms with Gasteiger partial charge in [0.15, 0.2) is 0 Å². The second kappa shape index (κ2) is 4.36. The maximum atomic E-state index is 11.5. The summed E-state index contributed by atoms with van der Waals surface area (Å²) in [6, 6.07) is 5.17. The Labute approximate surface area is 102 Å². The number of hydrogen-bond donors (Lipinski definition) is 1. The third-order valence-corrected chi connectivity index (χ3v) is 2.99. The van der Waals surface area contributed by atoms with E-state index in [2.05, 4.69) is 4.98 Å². The van der Waals surface area contributed by atoms with Crippen molar-refractivity contribution in [2.75, 3.05) is 6.61 Å². The van der Waals surface area contributed by atoms with E-state index in [9.17, 15) is 4.79 Å². The van der Waals surface area contributed by atoms with Gasteiger partial charge in [0.05, 0.1) is 22.2 Å². The zero-order chi connectivity index (χ0) is 11.7. The van der Waals surface area contributed by atoms with Crippen molar-refractivity contribution in [1.29, 1.82) is 0 Å². The molecule has 0 aliphatic heterocycles. The van der Waals surface area contributed by atoms with Crippen LogP contribution < -0.4 is 0 Å². The fourth-order valence-corrected chi connectivity index (χ4v) is 1.83. The number of H-pyrrole nitrogens is 1. The molecule has 2 rings (SSSR count). The third-order valence-electron chi connectivity index (χ3n) is 2.18. The molecular weight excluding hydrogens is 249 g/mol. The van der Waals surface area contributed by atoms with E-state index in [1.54, 1.807) is 25.1 Å². The van der Waals surface area contributed by atoms with E-state index in [0.717, 1.165) is 5.39 Å². The predicted molar refractivity (Wildman–Crippen MR) is 64.3 cm³/mol. The van der Waals surface area contributed by atoms with E-state index in [-0.39, 0.29) is 0 Å². The van der Waals surface area contributed by atoms with Gasteiger partial charge in [0.25, 0.3) is 0 Å². The van der Waals surface area contributed by atoms with Crippen molar-refractivity contribution in [3.8, 4) is 0 Å². The average molecular weight is 258 g/mol. The van der Waals surface area contributed by atoms with Crippen LogP contribution in [0.25, 0.3) is 10.9 Å². The molecule has 84 valence electrons. The van der Waals surface area contributed by atoms with E-state index >= 15 is 0 Å². The van der Waals surface area contributed by atoms with Gasteiger partial charge in [-0.25, -0.2) is 4.79 Å². The Balaban J connectivity index is 2.52. The molecule has 0 fully saturated rings. The second-order valence-corrected chi connectivity index (χ2v) is 4.01. The van der Waals surface area contributed by atoms with Gasteiger partial charge in [0.2, 0.25) is 0 Å². The molecule has 0 amide bonds. The van der Waals surface area contributed by atoms with Gasteiger partial charge in [0.1, 0.15) is 5.69 Å². The number of carbonyl (C=O) groups excluding carboxylic acids is 1. The topological polar surface area (TPSA) is 42.1 Å². The Bertz CT molecular complexity index is 548. The minimum atomic E-state index is -0.397. The van der Waals surface area contributed by atoms with Gasteiger partial charge in [-0.2, -0.15) is 0 Å². The van der Waals surface area contributed by atoms with Crippen molar-refractivity contribution in [3.05, 3.63) is 33.9 Å². The van der Waals surface area contributed by atoms with Crippen molar-refractivity contribution < 1.29 is 9.53 Å². The molecule has 0 radical (unpaired) electrons. The molecule has 1 heterocycles. The molecule has 0 saturated carbocycles. The van der Waals surface area contributed by atoms with Gasteiger partial charge in [-0.1, -0.05) is 29.3 Å². The van der Waals surface area contributed by atoms with E-state index < -0.39 is 5.97 Å². The number of carbonyl (C=O) groups is 1. The van der Waals surface area contributed by atoms with Gasteiger partial charge >= 0.3 is 5.97 Å². The van der Waals surface area contributed by atoms with Crippen LogP contribution in [0.4, 0.5) is 0 Å². The van der Waals surface area contributed by atoms with Gasteiger partial charge in [-0.05, 0) is 19.1 Å². The molecule has 16 heavy (non-hydrogen) atoms. The average Bonchev–Trinajstić information content (AvgIpc) is 2.69. The number of aromatic amines is 1. The molecule has 1 aromatic heterocycles. The van der Waals surface area contributed by atoms with Crippen molar-refractivity contribution in [2.24, 2.45) is 0 Å². The van der Waals surface area contributed by atoms with Crippen molar-refractivity contribution >= 4 is 40.1 Å². The number of ether oxygens (including phenoxy) is 1. The molecule has 0 aliphatic rings. The second-order valence-electron chi connectivity index (χ2n) is 3.23. The lowest BCUT2D eigenvalue weighted by molar-refractivity contribution is 0.0520. The Hall–Kier alpha value is -1.19. The Kier molecular flexibility index (Phi) is 3.08. The van der Waals surface area contributed by atoms with Crippen LogP contribution in [0, 0.1) is 0 Å². The number of halogens is 2. The minimum Gasteiger partial charge on any atom is -0.461 e. The quantitative estimate of drug-likeness (QED) is 0.835. The number of hydrogen-bond acceptors (Lipinski definition) is 2. The van der Waals surface area contributed by atoms with Crippen LogP contribution in [0.15, 0.2) is 18.2 Å². The highest BCUT2D eigenvalue weighted by molar-refractivity contribution is 6.45. The molecule has 3 nitrogen and oxygen atoms in total. The number of rotatable bonds is 2. The molecule has 0 atom stereocenters. The summed E-state index contributed by atoms with van der Waals surface area (Å²) in [5, 5.41) is 1.69. The minimum absolute atomic E-state index is 0.336. The van der Waals surface area contributed by atoms with E-state index in [4.69, 9.17) is 27.9 Å². The molecule has 0 unspecified atom stereocenters. The summed E-state index contributed by atoms with van der Waals surface area (Å²) in [6.45, 7) is 2.09. The van der Waals surface area contributed by atoms with E-state index in [1.165, 1.54) is 0 Å². The first-order valence-corrected chi connectivity index (χ1v) is 5.53. The number of fused-ring (bicyclic) bond motifs is 1. The van der Waals surface area contributed by atoms with Gasteiger partial charge in [-0.15, -0.1) is 0 Å². The zero-order valence-electron chi connectivity index (χ0n) is 8.51. The highest BCUT2D eigenvalue weighted by atomic mass is 35.5. The first-order chi connectivity index (χ1) is 7.63. The maximum Gasteiger partial charge on any atom is 0.354 e. The number of nitrogens with one attached hydrogen (secondary N) is 1. The van der Waals surface area contributed by atoms with Crippen LogP contribution in [-0.4, -0.2) is 17.6 Å². The molecule has 2 aromatic rings. The summed E-state index contributed by atoms with van der Waals surface area (Å²) in [5.41, 5.74) is 1.03. The standard InChI is InChI=1S/C11H9Cl2NO2/c1-2-16-11(15)8-5-6-3-4-7(12)9(13)10(6)14-8/h3-5,14H,2H2,1H3. The first kappa shape index (κ1) is 11.3. The summed E-state index contributed by atoms with van der Waals surface area (Å²) >= 11 is 11.9. The zero-order valence-corrected chi connectivity index (χ0v) is 10.0. The van der Waals surface area contributed by atoms with Gasteiger partial charge in [0, 0.05) is 5.39 Å².